The third-order valence-electron chi connectivity index (χ3n) is 4.65. The van der Waals surface area contributed by atoms with Crippen molar-refractivity contribution in [3.8, 4) is 0 Å². The zero-order valence-electron chi connectivity index (χ0n) is 11.6. The molecule has 7 nitrogen and oxygen atoms in total. The Morgan fingerprint density at radius 2 is 2.00 bits per heavy atom. The van der Waals surface area contributed by atoms with Gasteiger partial charge in [0.05, 0.1) is 28.5 Å². The molecule has 4 atom stereocenters. The Morgan fingerprint density at radius 3 is 2.68 bits per heavy atom. The highest BCUT2D eigenvalue weighted by Crippen LogP contribution is 2.52. The first-order valence-electron chi connectivity index (χ1n) is 6.92. The number of anilines is 1. The lowest BCUT2D eigenvalue weighted by Crippen LogP contribution is -2.38. The van der Waals surface area contributed by atoms with Crippen LogP contribution in [0.15, 0.2) is 36.4 Å². The third kappa shape index (κ3) is 1.43. The molecule has 22 heavy (non-hydrogen) atoms. The van der Waals surface area contributed by atoms with Crippen LogP contribution >= 0.6 is 0 Å². The minimum atomic E-state index is -0.805. The maximum atomic E-state index is 12.7. The molecule has 2 fully saturated rings. The number of rotatable bonds is 2. The topological polar surface area (TPSA) is 89.8 Å². The van der Waals surface area contributed by atoms with Crippen molar-refractivity contribution in [3.63, 3.8) is 0 Å². The molecule has 0 radical (unpaired) electrons. The van der Waals surface area contributed by atoms with Gasteiger partial charge in [0.1, 0.15) is 5.69 Å². The summed E-state index contributed by atoms with van der Waals surface area (Å²) >= 11 is 0. The summed E-state index contributed by atoms with van der Waals surface area (Å²) in [5.74, 6) is -2.07. The molecule has 112 valence electrons. The normalized spacial score (nSPS) is 35.3. The molecule has 1 aromatic rings. The van der Waals surface area contributed by atoms with E-state index in [-0.39, 0.29) is 11.4 Å². The van der Waals surface area contributed by atoms with Crippen LogP contribution in [0.3, 0.4) is 0 Å². The van der Waals surface area contributed by atoms with Crippen molar-refractivity contribution >= 4 is 23.2 Å². The van der Waals surface area contributed by atoms with Crippen molar-refractivity contribution in [1.29, 1.82) is 0 Å². The minimum absolute atomic E-state index is 0.0277. The molecule has 4 rings (SSSR count). The predicted molar refractivity (Wildman–Crippen MR) is 75.0 cm³/mol. The summed E-state index contributed by atoms with van der Waals surface area (Å²) in [6, 6.07) is 5.79. The van der Waals surface area contributed by atoms with E-state index in [0.29, 0.717) is 0 Å². The van der Waals surface area contributed by atoms with Crippen LogP contribution in [-0.2, 0) is 14.3 Å². The minimum Gasteiger partial charge on any atom is -0.362 e. The Hall–Kier alpha value is -2.54. The van der Waals surface area contributed by atoms with E-state index in [1.807, 2.05) is 0 Å². The van der Waals surface area contributed by atoms with Crippen molar-refractivity contribution < 1.29 is 19.2 Å². The van der Waals surface area contributed by atoms with Gasteiger partial charge in [0.25, 0.3) is 5.69 Å². The van der Waals surface area contributed by atoms with Gasteiger partial charge in [-0.2, -0.15) is 0 Å². The third-order valence-corrected chi connectivity index (χ3v) is 4.65. The van der Waals surface area contributed by atoms with E-state index >= 15 is 0 Å². The van der Waals surface area contributed by atoms with Gasteiger partial charge in [-0.3, -0.25) is 19.7 Å². The van der Waals surface area contributed by atoms with E-state index < -0.39 is 40.3 Å². The Kier molecular flexibility index (Phi) is 2.40. The van der Waals surface area contributed by atoms with E-state index in [1.54, 1.807) is 25.1 Å². The zero-order valence-corrected chi connectivity index (χ0v) is 11.6. The quantitative estimate of drug-likeness (QED) is 0.357. The molecule has 3 aliphatic heterocycles. The molecule has 1 aromatic carbocycles. The number of nitrogens with zero attached hydrogens (tertiary/aromatic N) is 2. The van der Waals surface area contributed by atoms with Crippen LogP contribution in [0.1, 0.15) is 6.92 Å². The van der Waals surface area contributed by atoms with Gasteiger partial charge in [0.2, 0.25) is 11.8 Å². The molecule has 3 aliphatic rings. The highest BCUT2D eigenvalue weighted by Gasteiger charge is 2.66. The van der Waals surface area contributed by atoms with Crippen LogP contribution in [-0.4, -0.2) is 28.4 Å². The molecule has 0 N–H and O–H groups in total. The van der Waals surface area contributed by atoms with Crippen LogP contribution < -0.4 is 4.90 Å². The van der Waals surface area contributed by atoms with Crippen LogP contribution in [0.4, 0.5) is 11.4 Å². The highest BCUT2D eigenvalue weighted by atomic mass is 16.6. The molecular formula is C15H12N2O5. The number of benzene rings is 1. The fourth-order valence-electron chi connectivity index (χ4n) is 3.70. The number of nitro groups is 1. The number of hydrogen-bond acceptors (Lipinski definition) is 5. The summed E-state index contributed by atoms with van der Waals surface area (Å²) < 4.78 is 5.72. The van der Waals surface area contributed by atoms with Gasteiger partial charge in [-0.05, 0) is 13.0 Å². The molecule has 7 heteroatoms. The van der Waals surface area contributed by atoms with Crippen molar-refractivity contribution in [2.45, 2.75) is 18.6 Å². The van der Waals surface area contributed by atoms with Crippen molar-refractivity contribution in [2.75, 3.05) is 4.90 Å². The summed E-state index contributed by atoms with van der Waals surface area (Å²) in [6.07, 6.45) is 3.15. The molecule has 0 unspecified atom stereocenters. The predicted octanol–water partition coefficient (Wildman–Crippen LogP) is 1.43. The Labute approximate surface area is 125 Å². The lowest BCUT2D eigenvalue weighted by atomic mass is 9.78. The SMILES string of the molecule is C[C@@]12C=C[C@H](O1)[C@@H]1C(=O)N(c3ccccc3[N+](=O)[O-])C(=O)[C@@H]12. The van der Waals surface area contributed by atoms with Crippen molar-refractivity contribution in [3.05, 3.63) is 46.5 Å². The number of ether oxygens (including phenoxy) is 1. The highest BCUT2D eigenvalue weighted by molar-refractivity contribution is 6.24. The Morgan fingerprint density at radius 1 is 1.27 bits per heavy atom. The number of carbonyl (C=O) groups is 2. The van der Waals surface area contributed by atoms with E-state index in [0.717, 1.165) is 4.90 Å². The molecule has 2 saturated heterocycles. The Bertz CT molecular complexity index is 758. The number of hydrogen-bond donors (Lipinski definition) is 0. The van der Waals surface area contributed by atoms with Gasteiger partial charge in [0, 0.05) is 6.07 Å². The zero-order chi connectivity index (χ0) is 15.6. The Balaban J connectivity index is 1.82. The lowest BCUT2D eigenvalue weighted by Gasteiger charge is -2.23. The van der Waals surface area contributed by atoms with Gasteiger partial charge in [0.15, 0.2) is 0 Å². The number of amides is 2. The van der Waals surface area contributed by atoms with Crippen LogP contribution in [0.2, 0.25) is 0 Å². The number of para-hydroxylation sites is 2. The molecule has 0 aromatic heterocycles. The summed E-state index contributed by atoms with van der Waals surface area (Å²) in [7, 11) is 0. The standard InChI is InChI=1S/C15H12N2O5/c1-15-7-6-10(22-15)11-12(15)14(19)16(13(11)18)8-4-2-3-5-9(8)17(20)21/h2-7,10-12H,1H3/t10-,11-,12+,15-/m0/s1. The second-order valence-corrected chi connectivity index (χ2v) is 5.89. The maximum Gasteiger partial charge on any atom is 0.293 e. The first-order chi connectivity index (χ1) is 10.4. The van der Waals surface area contributed by atoms with Crippen molar-refractivity contribution in [1.82, 2.24) is 0 Å². The fraction of sp³-hybridized carbons (Fsp3) is 0.333. The van der Waals surface area contributed by atoms with Gasteiger partial charge < -0.3 is 4.74 Å². The fourth-order valence-corrected chi connectivity index (χ4v) is 3.70. The first-order valence-corrected chi connectivity index (χ1v) is 6.92. The van der Waals surface area contributed by atoms with E-state index in [9.17, 15) is 19.7 Å². The second-order valence-electron chi connectivity index (χ2n) is 5.89. The molecule has 0 saturated carbocycles. The summed E-state index contributed by atoms with van der Waals surface area (Å²) in [4.78, 5) is 36.9. The van der Waals surface area contributed by atoms with Crippen LogP contribution in [0.25, 0.3) is 0 Å². The van der Waals surface area contributed by atoms with Gasteiger partial charge in [-0.1, -0.05) is 24.3 Å². The van der Waals surface area contributed by atoms with Crippen molar-refractivity contribution in [2.24, 2.45) is 11.8 Å². The monoisotopic (exact) mass is 300 g/mol. The van der Waals surface area contributed by atoms with E-state index in [1.165, 1.54) is 18.2 Å². The van der Waals surface area contributed by atoms with E-state index in [2.05, 4.69) is 0 Å². The molecule has 3 heterocycles. The molecule has 2 amide bonds. The largest absolute Gasteiger partial charge is 0.362 e. The molecule has 0 spiro atoms. The maximum absolute atomic E-state index is 12.7. The summed E-state index contributed by atoms with van der Waals surface area (Å²) in [5.41, 5.74) is -1.03. The molecule has 0 aliphatic carbocycles. The number of nitro benzene ring substituents is 1. The molecular weight excluding hydrogens is 288 g/mol. The first kappa shape index (κ1) is 13.1. The van der Waals surface area contributed by atoms with Crippen LogP contribution in [0, 0.1) is 22.0 Å². The average Bonchev–Trinajstić information content (AvgIpc) is 3.08. The van der Waals surface area contributed by atoms with Gasteiger partial charge in [-0.25, -0.2) is 4.90 Å². The summed E-state index contributed by atoms with van der Waals surface area (Å²) in [6.45, 7) is 1.77. The number of carbonyl (C=O) groups excluding carboxylic acids is 2. The summed E-state index contributed by atoms with van der Waals surface area (Å²) in [5, 5.41) is 11.2. The van der Waals surface area contributed by atoms with E-state index in [4.69, 9.17) is 4.74 Å². The molecule has 2 bridgehead atoms. The average molecular weight is 300 g/mol. The van der Waals surface area contributed by atoms with Gasteiger partial charge in [-0.15, -0.1) is 0 Å². The number of fused-ring (bicyclic) bond motifs is 5. The van der Waals surface area contributed by atoms with Crippen LogP contribution in [0.5, 0.6) is 0 Å². The smallest absolute Gasteiger partial charge is 0.293 e. The van der Waals surface area contributed by atoms with Gasteiger partial charge >= 0.3 is 0 Å². The second kappa shape index (κ2) is 4.01. The lowest BCUT2D eigenvalue weighted by molar-refractivity contribution is -0.384. The number of imide groups is 1.